The number of ether oxygens (including phenoxy) is 7. The molecule has 0 spiro atoms. The highest BCUT2D eigenvalue weighted by molar-refractivity contribution is 5.69. The van der Waals surface area contributed by atoms with Gasteiger partial charge in [-0.05, 0) is 27.7 Å². The van der Waals surface area contributed by atoms with Crippen molar-refractivity contribution in [3.8, 4) is 0 Å². The SMILES string of the molecule is CCOC(=O)CCOCCOCCOCCOCCOCCNC(=O)OC(C)(C)C. The van der Waals surface area contributed by atoms with Crippen molar-refractivity contribution in [3.63, 3.8) is 0 Å². The highest BCUT2D eigenvalue weighted by atomic mass is 16.6. The van der Waals surface area contributed by atoms with Crippen molar-refractivity contribution in [3.05, 3.63) is 0 Å². The molecule has 0 rings (SSSR count). The number of carbonyl (C=O) groups is 2. The molecule has 0 aliphatic rings. The van der Waals surface area contributed by atoms with Gasteiger partial charge in [-0.2, -0.15) is 0 Å². The largest absolute Gasteiger partial charge is 0.466 e. The molecule has 0 aromatic heterocycles. The third-order valence-electron chi connectivity index (χ3n) is 3.16. The molecule has 0 atom stereocenters. The van der Waals surface area contributed by atoms with E-state index in [1.165, 1.54) is 0 Å². The minimum atomic E-state index is -0.506. The van der Waals surface area contributed by atoms with E-state index in [0.717, 1.165) is 0 Å². The Bertz CT molecular complexity index is 427. The van der Waals surface area contributed by atoms with E-state index in [0.29, 0.717) is 79.2 Å². The van der Waals surface area contributed by atoms with Crippen LogP contribution in [0.2, 0.25) is 0 Å². The summed E-state index contributed by atoms with van der Waals surface area (Å²) in [5.41, 5.74) is -0.506. The monoisotopic (exact) mass is 437 g/mol. The summed E-state index contributed by atoms with van der Waals surface area (Å²) in [7, 11) is 0. The summed E-state index contributed by atoms with van der Waals surface area (Å²) in [6.45, 7) is 12.3. The Morgan fingerprint density at radius 2 is 1.13 bits per heavy atom. The van der Waals surface area contributed by atoms with Gasteiger partial charge in [-0.15, -0.1) is 0 Å². The molecule has 0 radical (unpaired) electrons. The molecular weight excluding hydrogens is 398 g/mol. The lowest BCUT2D eigenvalue weighted by molar-refractivity contribution is -0.144. The van der Waals surface area contributed by atoms with Crippen molar-refractivity contribution in [1.82, 2.24) is 5.32 Å². The van der Waals surface area contributed by atoms with Crippen LogP contribution in [0.3, 0.4) is 0 Å². The molecular formula is C20H39NO9. The zero-order chi connectivity index (χ0) is 22.5. The van der Waals surface area contributed by atoms with Gasteiger partial charge in [0.15, 0.2) is 0 Å². The molecule has 1 amide bonds. The van der Waals surface area contributed by atoms with Gasteiger partial charge >= 0.3 is 12.1 Å². The lowest BCUT2D eigenvalue weighted by Crippen LogP contribution is -2.34. The van der Waals surface area contributed by atoms with Crippen molar-refractivity contribution in [1.29, 1.82) is 0 Å². The average Bonchev–Trinajstić information content (AvgIpc) is 2.65. The number of esters is 1. The molecule has 10 heteroatoms. The first-order valence-electron chi connectivity index (χ1n) is 10.4. The molecule has 0 heterocycles. The molecule has 0 saturated carbocycles. The molecule has 0 saturated heterocycles. The quantitative estimate of drug-likeness (QED) is 0.238. The zero-order valence-electron chi connectivity index (χ0n) is 18.9. The molecule has 178 valence electrons. The fourth-order valence-corrected chi connectivity index (χ4v) is 1.91. The van der Waals surface area contributed by atoms with Crippen LogP contribution < -0.4 is 5.32 Å². The van der Waals surface area contributed by atoms with Crippen molar-refractivity contribution in [2.75, 3.05) is 79.2 Å². The van der Waals surface area contributed by atoms with E-state index in [2.05, 4.69) is 5.32 Å². The Morgan fingerprint density at radius 1 is 0.700 bits per heavy atom. The minimum Gasteiger partial charge on any atom is -0.466 e. The van der Waals surface area contributed by atoms with E-state index in [9.17, 15) is 9.59 Å². The predicted molar refractivity (Wildman–Crippen MR) is 110 cm³/mol. The van der Waals surface area contributed by atoms with Crippen molar-refractivity contribution < 1.29 is 42.7 Å². The standard InChI is InChI=1S/C20H39NO9/c1-5-29-18(22)6-8-24-10-12-26-14-16-28-17-15-27-13-11-25-9-7-21-19(23)30-20(2,3)4/h5-17H2,1-4H3,(H,21,23). The first-order valence-corrected chi connectivity index (χ1v) is 10.4. The molecule has 0 unspecified atom stereocenters. The van der Waals surface area contributed by atoms with Crippen molar-refractivity contribution in [2.24, 2.45) is 0 Å². The summed E-state index contributed by atoms with van der Waals surface area (Å²) >= 11 is 0. The first kappa shape index (κ1) is 28.5. The van der Waals surface area contributed by atoms with E-state index < -0.39 is 11.7 Å². The summed E-state index contributed by atoms with van der Waals surface area (Å²) in [6.07, 6.45) is -0.199. The summed E-state index contributed by atoms with van der Waals surface area (Å²) in [4.78, 5) is 22.5. The van der Waals surface area contributed by atoms with Gasteiger partial charge in [0.05, 0.1) is 79.1 Å². The van der Waals surface area contributed by atoms with E-state index in [-0.39, 0.29) is 12.4 Å². The Labute approximate surface area is 179 Å². The number of nitrogens with one attached hydrogen (secondary N) is 1. The van der Waals surface area contributed by atoms with Gasteiger partial charge in [0.25, 0.3) is 0 Å². The molecule has 1 N–H and O–H groups in total. The van der Waals surface area contributed by atoms with Crippen LogP contribution in [0.4, 0.5) is 4.79 Å². The molecule has 0 bridgehead atoms. The van der Waals surface area contributed by atoms with E-state index >= 15 is 0 Å². The number of hydrogen-bond acceptors (Lipinski definition) is 9. The van der Waals surface area contributed by atoms with Crippen LogP contribution in [0, 0.1) is 0 Å². The smallest absolute Gasteiger partial charge is 0.407 e. The molecule has 0 aromatic carbocycles. The fraction of sp³-hybridized carbons (Fsp3) is 0.900. The van der Waals surface area contributed by atoms with Crippen LogP contribution >= 0.6 is 0 Å². The lowest BCUT2D eigenvalue weighted by atomic mass is 10.2. The van der Waals surface area contributed by atoms with Gasteiger partial charge in [-0.25, -0.2) is 4.79 Å². The first-order chi connectivity index (χ1) is 14.3. The van der Waals surface area contributed by atoms with Crippen LogP contribution in [-0.4, -0.2) is 96.9 Å². The average molecular weight is 438 g/mol. The Morgan fingerprint density at radius 3 is 1.57 bits per heavy atom. The molecule has 0 aliphatic carbocycles. The Balaban J connectivity index is 3.16. The minimum absolute atomic E-state index is 0.254. The van der Waals surface area contributed by atoms with Gasteiger partial charge in [-0.3, -0.25) is 4.79 Å². The maximum absolute atomic E-state index is 11.4. The van der Waals surface area contributed by atoms with Crippen LogP contribution in [0.25, 0.3) is 0 Å². The summed E-state index contributed by atoms with van der Waals surface area (Å²) in [6, 6.07) is 0. The maximum atomic E-state index is 11.4. The highest BCUT2D eigenvalue weighted by Gasteiger charge is 2.15. The molecule has 10 nitrogen and oxygen atoms in total. The predicted octanol–water partition coefficient (Wildman–Crippen LogP) is 1.55. The van der Waals surface area contributed by atoms with E-state index in [4.69, 9.17) is 33.2 Å². The maximum Gasteiger partial charge on any atom is 0.407 e. The molecule has 0 aromatic rings. The van der Waals surface area contributed by atoms with Crippen LogP contribution in [0.1, 0.15) is 34.1 Å². The van der Waals surface area contributed by atoms with Gasteiger partial charge in [0.2, 0.25) is 0 Å². The third kappa shape index (κ3) is 22.8. The second kappa shape index (κ2) is 19.5. The number of amides is 1. The van der Waals surface area contributed by atoms with Gasteiger partial charge < -0.3 is 38.5 Å². The number of alkyl carbamates (subject to hydrolysis) is 1. The second-order valence-corrected chi connectivity index (χ2v) is 7.05. The van der Waals surface area contributed by atoms with Crippen LogP contribution in [-0.2, 0) is 38.0 Å². The van der Waals surface area contributed by atoms with Gasteiger partial charge in [-0.1, -0.05) is 0 Å². The molecule has 0 aliphatic heterocycles. The number of carbonyl (C=O) groups excluding carboxylic acids is 2. The van der Waals surface area contributed by atoms with Crippen molar-refractivity contribution in [2.45, 2.75) is 39.7 Å². The highest BCUT2D eigenvalue weighted by Crippen LogP contribution is 2.06. The van der Waals surface area contributed by atoms with Crippen molar-refractivity contribution >= 4 is 12.1 Å². The van der Waals surface area contributed by atoms with E-state index in [1.54, 1.807) is 6.92 Å². The van der Waals surface area contributed by atoms with Crippen LogP contribution in [0.5, 0.6) is 0 Å². The Kier molecular flexibility index (Phi) is 18.6. The lowest BCUT2D eigenvalue weighted by Gasteiger charge is -2.19. The second-order valence-electron chi connectivity index (χ2n) is 7.05. The van der Waals surface area contributed by atoms with Gasteiger partial charge in [0.1, 0.15) is 5.60 Å². The third-order valence-corrected chi connectivity index (χ3v) is 3.16. The number of hydrogen-bond donors (Lipinski definition) is 1. The summed E-state index contributed by atoms with van der Waals surface area (Å²) in [5, 5.41) is 2.61. The normalized spacial score (nSPS) is 11.3. The van der Waals surface area contributed by atoms with Crippen LogP contribution in [0.15, 0.2) is 0 Å². The van der Waals surface area contributed by atoms with E-state index in [1.807, 2.05) is 20.8 Å². The topological polar surface area (TPSA) is 111 Å². The fourth-order valence-electron chi connectivity index (χ4n) is 1.91. The number of rotatable bonds is 19. The summed E-state index contributed by atoms with van der Waals surface area (Å²) in [5.74, 6) is -0.254. The summed E-state index contributed by atoms with van der Waals surface area (Å²) < 4.78 is 36.6. The molecule has 0 fully saturated rings. The zero-order valence-corrected chi connectivity index (χ0v) is 18.9. The molecule has 30 heavy (non-hydrogen) atoms. The Hall–Kier alpha value is -1.46. The van der Waals surface area contributed by atoms with Gasteiger partial charge in [0, 0.05) is 6.54 Å².